The highest BCUT2D eigenvalue weighted by molar-refractivity contribution is 7.16. The van der Waals surface area contributed by atoms with Crippen LogP contribution < -0.4 is 11.1 Å². The average molecular weight is 317 g/mol. The van der Waals surface area contributed by atoms with Gasteiger partial charge in [-0.3, -0.25) is 9.59 Å². The van der Waals surface area contributed by atoms with Gasteiger partial charge in [-0.1, -0.05) is 11.6 Å². The van der Waals surface area contributed by atoms with Gasteiger partial charge in [0, 0.05) is 11.4 Å². The Hall–Kier alpha value is -1.11. The second-order valence-corrected chi connectivity index (χ2v) is 6.58. The number of amides is 2. The van der Waals surface area contributed by atoms with Crippen LogP contribution in [-0.4, -0.2) is 30.6 Å². The van der Waals surface area contributed by atoms with Crippen LogP contribution >= 0.6 is 22.9 Å². The quantitative estimate of drug-likeness (QED) is 0.866. The summed E-state index contributed by atoms with van der Waals surface area (Å²) in [5.74, 6) is -0.768. The summed E-state index contributed by atoms with van der Waals surface area (Å²) in [4.78, 5) is 23.9. The van der Waals surface area contributed by atoms with E-state index in [1.807, 2.05) is 13.0 Å². The molecule has 0 saturated carbocycles. The van der Waals surface area contributed by atoms with E-state index < -0.39 is 12.0 Å². The molecule has 0 unspecified atom stereocenters. The van der Waals surface area contributed by atoms with Crippen LogP contribution in [0.5, 0.6) is 0 Å². The maximum atomic E-state index is 12.0. The topological polar surface area (TPSA) is 81.4 Å². The Kier molecular flexibility index (Phi) is 5.01. The van der Waals surface area contributed by atoms with E-state index in [-0.39, 0.29) is 17.9 Å². The van der Waals surface area contributed by atoms with Crippen LogP contribution in [0.25, 0.3) is 0 Å². The molecule has 3 atom stereocenters. The van der Waals surface area contributed by atoms with Crippen molar-refractivity contribution < 1.29 is 14.3 Å². The number of carbonyl (C=O) groups is 2. The van der Waals surface area contributed by atoms with Crippen molar-refractivity contribution in [3.05, 3.63) is 21.3 Å². The third kappa shape index (κ3) is 3.71. The number of hydrogen-bond donors (Lipinski definition) is 2. The second kappa shape index (κ2) is 6.56. The first kappa shape index (κ1) is 15.3. The van der Waals surface area contributed by atoms with Crippen molar-refractivity contribution in [2.75, 3.05) is 6.54 Å². The Labute approximate surface area is 126 Å². The zero-order valence-corrected chi connectivity index (χ0v) is 12.7. The smallest absolute Gasteiger partial charge is 0.246 e. The van der Waals surface area contributed by atoms with Crippen LogP contribution in [0.2, 0.25) is 4.34 Å². The first-order valence-corrected chi connectivity index (χ1v) is 7.64. The lowest BCUT2D eigenvalue weighted by Gasteiger charge is -2.15. The Bertz CT molecular complexity index is 506. The summed E-state index contributed by atoms with van der Waals surface area (Å²) in [6.45, 7) is 2.23. The fourth-order valence-corrected chi connectivity index (χ4v) is 3.23. The van der Waals surface area contributed by atoms with Crippen molar-refractivity contribution in [3.8, 4) is 0 Å². The van der Waals surface area contributed by atoms with E-state index in [1.165, 1.54) is 11.3 Å². The minimum Gasteiger partial charge on any atom is -0.367 e. The zero-order chi connectivity index (χ0) is 14.7. The number of nitrogens with one attached hydrogen (secondary N) is 1. The standard InChI is InChI=1S/C13H17ClN2O3S/c1-7(10-4-5-11(14)20-10)13(18)16-6-8-2-3-9(19-8)12(15)17/h4-5,7-9H,2-3,6H2,1H3,(H2,15,17)(H,16,18)/t7-,8-,9+/m0/s1. The molecule has 20 heavy (non-hydrogen) atoms. The Morgan fingerprint density at radius 3 is 2.85 bits per heavy atom. The molecule has 1 aromatic rings. The van der Waals surface area contributed by atoms with E-state index in [9.17, 15) is 9.59 Å². The molecule has 0 aliphatic carbocycles. The van der Waals surface area contributed by atoms with E-state index in [4.69, 9.17) is 22.1 Å². The van der Waals surface area contributed by atoms with Crippen LogP contribution in [0.15, 0.2) is 12.1 Å². The lowest BCUT2D eigenvalue weighted by molar-refractivity contribution is -0.128. The number of hydrogen-bond acceptors (Lipinski definition) is 4. The van der Waals surface area contributed by atoms with E-state index in [2.05, 4.69) is 5.32 Å². The third-order valence-electron chi connectivity index (χ3n) is 3.34. The van der Waals surface area contributed by atoms with Gasteiger partial charge in [0.2, 0.25) is 11.8 Å². The van der Waals surface area contributed by atoms with Gasteiger partial charge in [-0.15, -0.1) is 11.3 Å². The Balaban J connectivity index is 1.79. The number of carbonyl (C=O) groups excluding carboxylic acids is 2. The van der Waals surface area contributed by atoms with Crippen molar-refractivity contribution in [1.82, 2.24) is 5.32 Å². The fourth-order valence-electron chi connectivity index (χ4n) is 2.12. The highest BCUT2D eigenvalue weighted by Gasteiger charge is 2.29. The highest BCUT2D eigenvalue weighted by Crippen LogP contribution is 2.28. The summed E-state index contributed by atoms with van der Waals surface area (Å²) in [5, 5.41) is 2.84. The number of nitrogens with two attached hydrogens (primary N) is 1. The molecule has 1 fully saturated rings. The molecular weight excluding hydrogens is 300 g/mol. The largest absolute Gasteiger partial charge is 0.367 e. The van der Waals surface area contributed by atoms with E-state index in [0.29, 0.717) is 17.3 Å². The molecule has 110 valence electrons. The summed E-state index contributed by atoms with van der Waals surface area (Å²) < 4.78 is 6.12. The summed E-state index contributed by atoms with van der Waals surface area (Å²) >= 11 is 7.26. The highest BCUT2D eigenvalue weighted by atomic mass is 35.5. The number of thiophene rings is 1. The van der Waals surface area contributed by atoms with Gasteiger partial charge in [0.05, 0.1) is 16.4 Å². The first-order valence-electron chi connectivity index (χ1n) is 6.45. The normalized spacial score (nSPS) is 23.5. The van der Waals surface area contributed by atoms with Gasteiger partial charge >= 0.3 is 0 Å². The molecule has 7 heteroatoms. The van der Waals surface area contributed by atoms with Crippen LogP contribution in [0.1, 0.15) is 30.6 Å². The second-order valence-electron chi connectivity index (χ2n) is 4.84. The summed E-state index contributed by atoms with van der Waals surface area (Å²) in [6, 6.07) is 3.63. The predicted octanol–water partition coefficient (Wildman–Crippen LogP) is 1.65. The minimum absolute atomic E-state index is 0.0744. The van der Waals surface area contributed by atoms with Gasteiger partial charge in [0.15, 0.2) is 0 Å². The average Bonchev–Trinajstić information content (AvgIpc) is 3.03. The van der Waals surface area contributed by atoms with Crippen molar-refractivity contribution in [1.29, 1.82) is 0 Å². The molecule has 2 heterocycles. The van der Waals surface area contributed by atoms with E-state index in [0.717, 1.165) is 11.3 Å². The SMILES string of the molecule is C[C@H](C(=O)NC[C@@H]1CC[C@H](C(N)=O)O1)c1ccc(Cl)s1. The van der Waals surface area contributed by atoms with Crippen LogP contribution in [-0.2, 0) is 14.3 Å². The van der Waals surface area contributed by atoms with Gasteiger partial charge < -0.3 is 15.8 Å². The minimum atomic E-state index is -0.523. The summed E-state index contributed by atoms with van der Waals surface area (Å²) in [6.07, 6.45) is 0.681. The van der Waals surface area contributed by atoms with Crippen molar-refractivity contribution in [2.24, 2.45) is 5.73 Å². The molecule has 2 amide bonds. The van der Waals surface area contributed by atoms with E-state index in [1.54, 1.807) is 6.07 Å². The maximum Gasteiger partial charge on any atom is 0.246 e. The number of primary amides is 1. The van der Waals surface area contributed by atoms with Gasteiger partial charge in [0.1, 0.15) is 6.10 Å². The molecule has 2 rings (SSSR count). The van der Waals surface area contributed by atoms with Crippen molar-refractivity contribution in [3.63, 3.8) is 0 Å². The zero-order valence-electron chi connectivity index (χ0n) is 11.1. The molecule has 5 nitrogen and oxygen atoms in total. The molecule has 0 bridgehead atoms. The maximum absolute atomic E-state index is 12.0. The van der Waals surface area contributed by atoms with Gasteiger partial charge in [-0.05, 0) is 31.9 Å². The molecule has 1 aliphatic rings. The van der Waals surface area contributed by atoms with Gasteiger partial charge in [0.25, 0.3) is 0 Å². The predicted molar refractivity (Wildman–Crippen MR) is 77.8 cm³/mol. The fraction of sp³-hybridized carbons (Fsp3) is 0.538. The Morgan fingerprint density at radius 2 is 2.30 bits per heavy atom. The summed E-state index contributed by atoms with van der Waals surface area (Å²) in [5.41, 5.74) is 5.18. The van der Waals surface area contributed by atoms with Gasteiger partial charge in [-0.2, -0.15) is 0 Å². The van der Waals surface area contributed by atoms with Crippen molar-refractivity contribution in [2.45, 2.75) is 37.9 Å². The monoisotopic (exact) mass is 316 g/mol. The molecule has 0 aromatic carbocycles. The molecule has 1 saturated heterocycles. The third-order valence-corrected chi connectivity index (χ3v) is 4.76. The van der Waals surface area contributed by atoms with Crippen LogP contribution in [0.4, 0.5) is 0 Å². The number of ether oxygens (including phenoxy) is 1. The Morgan fingerprint density at radius 1 is 1.55 bits per heavy atom. The number of rotatable bonds is 5. The first-order chi connectivity index (χ1) is 9.47. The van der Waals surface area contributed by atoms with Crippen LogP contribution in [0, 0.1) is 0 Å². The molecule has 1 aromatic heterocycles. The lowest BCUT2D eigenvalue weighted by atomic mass is 10.1. The summed E-state index contributed by atoms with van der Waals surface area (Å²) in [7, 11) is 0. The molecule has 0 spiro atoms. The molecule has 0 radical (unpaired) electrons. The van der Waals surface area contributed by atoms with Gasteiger partial charge in [-0.25, -0.2) is 0 Å². The molecule has 1 aliphatic heterocycles. The van der Waals surface area contributed by atoms with Crippen LogP contribution in [0.3, 0.4) is 0 Å². The number of halogens is 1. The molecule has 3 N–H and O–H groups in total. The van der Waals surface area contributed by atoms with E-state index >= 15 is 0 Å². The molecular formula is C13H17ClN2O3S. The lowest BCUT2D eigenvalue weighted by Crippen LogP contribution is -2.36. The van der Waals surface area contributed by atoms with Crippen molar-refractivity contribution >= 4 is 34.8 Å².